The van der Waals surface area contributed by atoms with Gasteiger partial charge >= 0.3 is 6.18 Å². The molecule has 0 radical (unpaired) electrons. The summed E-state index contributed by atoms with van der Waals surface area (Å²) in [6, 6.07) is 13.0. The quantitative estimate of drug-likeness (QED) is 0.399. The normalized spacial score (nSPS) is 13.8. The summed E-state index contributed by atoms with van der Waals surface area (Å²) in [4.78, 5) is 27.9. The Hall–Kier alpha value is -3.95. The summed E-state index contributed by atoms with van der Waals surface area (Å²) in [6.45, 7) is 1.31. The van der Waals surface area contributed by atoms with Crippen molar-refractivity contribution in [3.05, 3.63) is 87.6 Å². The second-order valence-electron chi connectivity index (χ2n) is 8.43. The van der Waals surface area contributed by atoms with Gasteiger partial charge in [0.25, 0.3) is 5.56 Å². The zero-order chi connectivity index (χ0) is 24.9. The number of pyridine rings is 1. The molecule has 0 bridgehead atoms. The number of carbonyl (C=O) groups is 1. The van der Waals surface area contributed by atoms with E-state index in [0.29, 0.717) is 12.6 Å². The Morgan fingerprint density at radius 3 is 2.60 bits per heavy atom. The van der Waals surface area contributed by atoms with Gasteiger partial charge in [-0.1, -0.05) is 24.3 Å². The molecule has 180 valence electrons. The standard InChI is InChI=1S/C25H20F4N4O2/c1-15-23-19(25(27,28)29)13-21(34)32(24(23)33(30-15)18-9-4-8-17(26)12-18)14-22(35)31-11-5-7-16-6-2-3-10-20(16)31/h2-4,6,8-10,12-13H,5,7,11,14H2,1H3. The molecule has 1 aliphatic heterocycles. The lowest BCUT2D eigenvalue weighted by atomic mass is 10.0. The monoisotopic (exact) mass is 484 g/mol. The van der Waals surface area contributed by atoms with E-state index in [-0.39, 0.29) is 22.4 Å². The second-order valence-corrected chi connectivity index (χ2v) is 8.43. The Morgan fingerprint density at radius 1 is 1.09 bits per heavy atom. The van der Waals surface area contributed by atoms with Gasteiger partial charge < -0.3 is 4.90 Å². The highest BCUT2D eigenvalue weighted by Crippen LogP contribution is 2.36. The summed E-state index contributed by atoms with van der Waals surface area (Å²) < 4.78 is 57.7. The fourth-order valence-electron chi connectivity index (χ4n) is 4.64. The molecule has 6 nitrogen and oxygen atoms in total. The van der Waals surface area contributed by atoms with E-state index in [1.54, 1.807) is 17.0 Å². The molecular weight excluding hydrogens is 464 g/mol. The Bertz CT molecular complexity index is 1520. The third-order valence-electron chi connectivity index (χ3n) is 6.16. The number of aromatic nitrogens is 3. The van der Waals surface area contributed by atoms with Gasteiger partial charge in [-0.05, 0) is 49.6 Å². The molecule has 0 atom stereocenters. The van der Waals surface area contributed by atoms with E-state index in [1.165, 1.54) is 25.1 Å². The molecule has 0 N–H and O–H groups in total. The SMILES string of the molecule is Cc1nn(-c2cccc(F)c2)c2c1c(C(F)(F)F)cc(=O)n2CC(=O)N1CCCc2ccccc21. The van der Waals surface area contributed by atoms with Crippen molar-refractivity contribution in [2.75, 3.05) is 11.4 Å². The first-order chi connectivity index (χ1) is 16.6. The van der Waals surface area contributed by atoms with Gasteiger partial charge in [0.05, 0.1) is 22.3 Å². The maximum atomic E-state index is 14.0. The first-order valence-corrected chi connectivity index (χ1v) is 11.0. The van der Waals surface area contributed by atoms with Gasteiger partial charge in [0, 0.05) is 18.3 Å². The van der Waals surface area contributed by atoms with Crippen LogP contribution in [-0.2, 0) is 23.9 Å². The van der Waals surface area contributed by atoms with Gasteiger partial charge in [0.2, 0.25) is 5.91 Å². The highest BCUT2D eigenvalue weighted by atomic mass is 19.4. The van der Waals surface area contributed by atoms with Crippen molar-refractivity contribution in [2.45, 2.75) is 32.5 Å². The summed E-state index contributed by atoms with van der Waals surface area (Å²) >= 11 is 0. The third-order valence-corrected chi connectivity index (χ3v) is 6.16. The summed E-state index contributed by atoms with van der Waals surface area (Å²) in [5.41, 5.74) is -0.530. The van der Waals surface area contributed by atoms with Crippen LogP contribution >= 0.6 is 0 Å². The number of hydrogen-bond donors (Lipinski definition) is 0. The zero-order valence-corrected chi connectivity index (χ0v) is 18.6. The lowest BCUT2D eigenvalue weighted by molar-refractivity contribution is -0.136. The largest absolute Gasteiger partial charge is 0.417 e. The number of carbonyl (C=O) groups excluding carboxylic acids is 1. The average molecular weight is 484 g/mol. The summed E-state index contributed by atoms with van der Waals surface area (Å²) in [6.07, 6.45) is -3.30. The average Bonchev–Trinajstić information content (AvgIpc) is 3.16. The number of para-hydroxylation sites is 1. The Labute approximate surface area is 197 Å². The topological polar surface area (TPSA) is 60.1 Å². The van der Waals surface area contributed by atoms with Gasteiger partial charge in [-0.15, -0.1) is 0 Å². The van der Waals surface area contributed by atoms with Crippen LogP contribution in [0.4, 0.5) is 23.2 Å². The molecule has 1 aliphatic rings. The number of halogens is 4. The minimum atomic E-state index is -4.83. The number of amides is 1. The lowest BCUT2D eigenvalue weighted by Crippen LogP contribution is -2.40. The number of hydrogen-bond acceptors (Lipinski definition) is 3. The molecule has 35 heavy (non-hydrogen) atoms. The first-order valence-electron chi connectivity index (χ1n) is 11.0. The fraction of sp³-hybridized carbons (Fsp3) is 0.240. The lowest BCUT2D eigenvalue weighted by Gasteiger charge is -2.29. The molecule has 0 saturated carbocycles. The number of alkyl halides is 3. The molecule has 10 heteroatoms. The van der Waals surface area contributed by atoms with Gasteiger partial charge in [-0.3, -0.25) is 14.2 Å². The Kier molecular flexibility index (Phi) is 5.46. The number of anilines is 1. The van der Waals surface area contributed by atoms with E-state index < -0.39 is 35.6 Å². The number of benzene rings is 2. The maximum absolute atomic E-state index is 14.0. The number of fused-ring (bicyclic) bond motifs is 2. The molecule has 0 unspecified atom stereocenters. The molecule has 0 fully saturated rings. The predicted octanol–water partition coefficient (Wildman–Crippen LogP) is 4.63. The summed E-state index contributed by atoms with van der Waals surface area (Å²) in [7, 11) is 0. The van der Waals surface area contributed by atoms with E-state index in [9.17, 15) is 27.2 Å². The summed E-state index contributed by atoms with van der Waals surface area (Å²) in [5.74, 6) is -1.06. The van der Waals surface area contributed by atoms with Crippen LogP contribution < -0.4 is 10.5 Å². The van der Waals surface area contributed by atoms with Crippen molar-refractivity contribution >= 4 is 22.6 Å². The second kappa shape index (κ2) is 8.37. The van der Waals surface area contributed by atoms with Crippen LogP contribution in [-0.4, -0.2) is 26.8 Å². The minimum Gasteiger partial charge on any atom is -0.311 e. The molecule has 2 aromatic heterocycles. The van der Waals surface area contributed by atoms with Gasteiger partial charge in [0.1, 0.15) is 18.0 Å². The van der Waals surface area contributed by atoms with Crippen molar-refractivity contribution in [1.29, 1.82) is 0 Å². The number of aryl methyl sites for hydroxylation is 2. The van der Waals surface area contributed by atoms with Crippen molar-refractivity contribution in [3.8, 4) is 5.69 Å². The fourth-order valence-corrected chi connectivity index (χ4v) is 4.64. The molecule has 0 saturated heterocycles. The smallest absolute Gasteiger partial charge is 0.311 e. The van der Waals surface area contributed by atoms with Gasteiger partial charge in [-0.25, -0.2) is 9.07 Å². The molecule has 0 aliphatic carbocycles. The highest BCUT2D eigenvalue weighted by Gasteiger charge is 2.37. The molecule has 5 rings (SSSR count). The first kappa shape index (κ1) is 22.8. The molecular formula is C25H20F4N4O2. The van der Waals surface area contributed by atoms with Crippen LogP contribution in [0.25, 0.3) is 16.7 Å². The van der Waals surface area contributed by atoms with Crippen molar-refractivity contribution in [2.24, 2.45) is 0 Å². The summed E-state index contributed by atoms with van der Waals surface area (Å²) in [5, 5.41) is 3.89. The molecule has 1 amide bonds. The molecule has 3 heterocycles. The third kappa shape index (κ3) is 3.98. The zero-order valence-electron chi connectivity index (χ0n) is 18.6. The van der Waals surface area contributed by atoms with E-state index in [2.05, 4.69) is 5.10 Å². The molecule has 2 aromatic carbocycles. The maximum Gasteiger partial charge on any atom is 0.417 e. The highest BCUT2D eigenvalue weighted by molar-refractivity contribution is 5.95. The van der Waals surface area contributed by atoms with Gasteiger partial charge in [0.15, 0.2) is 0 Å². The van der Waals surface area contributed by atoms with Crippen LogP contribution in [0.5, 0.6) is 0 Å². The van der Waals surface area contributed by atoms with Crippen LogP contribution in [0, 0.1) is 12.7 Å². The van der Waals surface area contributed by atoms with Crippen molar-refractivity contribution < 1.29 is 22.4 Å². The Balaban J connectivity index is 1.71. The van der Waals surface area contributed by atoms with E-state index >= 15 is 0 Å². The van der Waals surface area contributed by atoms with Crippen LogP contribution in [0.2, 0.25) is 0 Å². The van der Waals surface area contributed by atoms with Crippen LogP contribution in [0.1, 0.15) is 23.2 Å². The number of nitrogens with zero attached hydrogens (tertiary/aromatic N) is 4. The molecule has 0 spiro atoms. The Morgan fingerprint density at radius 2 is 1.86 bits per heavy atom. The van der Waals surface area contributed by atoms with E-state index in [4.69, 9.17) is 0 Å². The van der Waals surface area contributed by atoms with Crippen LogP contribution in [0.3, 0.4) is 0 Å². The minimum absolute atomic E-state index is 0.00102. The van der Waals surface area contributed by atoms with Crippen molar-refractivity contribution in [1.82, 2.24) is 14.3 Å². The van der Waals surface area contributed by atoms with Crippen LogP contribution in [0.15, 0.2) is 59.4 Å². The van der Waals surface area contributed by atoms with E-state index in [0.717, 1.165) is 39.4 Å². The number of rotatable bonds is 3. The predicted molar refractivity (Wildman–Crippen MR) is 122 cm³/mol. The van der Waals surface area contributed by atoms with E-state index in [1.807, 2.05) is 12.1 Å². The molecule has 4 aromatic rings. The van der Waals surface area contributed by atoms with Crippen molar-refractivity contribution in [3.63, 3.8) is 0 Å². The van der Waals surface area contributed by atoms with Gasteiger partial charge in [-0.2, -0.15) is 18.3 Å².